The minimum Gasteiger partial charge on any atom is -0.304 e. The topological polar surface area (TPSA) is 54.9 Å². The molecule has 1 aromatic heterocycles. The molecule has 2 rings (SSSR count). The van der Waals surface area contributed by atoms with Gasteiger partial charge in [-0.15, -0.1) is 11.6 Å². The Hall–Kier alpha value is -1.62. The van der Waals surface area contributed by atoms with Crippen LogP contribution in [0.15, 0.2) is 21.7 Å². The number of aromatic nitrogens is 2. The number of H-pyrrole nitrogens is 1. The third kappa shape index (κ3) is 1.44. The molecule has 0 saturated carbocycles. The van der Waals surface area contributed by atoms with Gasteiger partial charge in [-0.25, -0.2) is 9.18 Å². The maximum atomic E-state index is 13.8. The molecular weight excluding hydrogens is 235 g/mol. The fraction of sp³-hybridized carbons (Fsp3) is 0.200. The third-order valence-electron chi connectivity index (χ3n) is 2.44. The molecule has 0 unspecified atom stereocenters. The molecule has 84 valence electrons. The van der Waals surface area contributed by atoms with Crippen molar-refractivity contribution in [3.8, 4) is 0 Å². The molecule has 0 bridgehead atoms. The van der Waals surface area contributed by atoms with E-state index in [1.165, 1.54) is 19.2 Å². The summed E-state index contributed by atoms with van der Waals surface area (Å²) in [5, 5.41) is 0.133. The third-order valence-corrected chi connectivity index (χ3v) is 2.73. The lowest BCUT2D eigenvalue weighted by molar-refractivity contribution is 0.623. The van der Waals surface area contributed by atoms with Gasteiger partial charge in [0.25, 0.3) is 5.56 Å². The van der Waals surface area contributed by atoms with Crippen LogP contribution in [-0.2, 0) is 12.9 Å². The summed E-state index contributed by atoms with van der Waals surface area (Å²) in [5.41, 5.74) is -1.02. The smallest absolute Gasteiger partial charge is 0.304 e. The summed E-state index contributed by atoms with van der Waals surface area (Å²) in [6.07, 6.45) is 0. The van der Waals surface area contributed by atoms with Crippen molar-refractivity contribution in [2.24, 2.45) is 7.05 Å². The highest BCUT2D eigenvalue weighted by molar-refractivity contribution is 6.17. The van der Waals surface area contributed by atoms with Crippen LogP contribution in [0, 0.1) is 5.82 Å². The molecule has 0 aliphatic carbocycles. The first-order chi connectivity index (χ1) is 7.56. The van der Waals surface area contributed by atoms with Crippen molar-refractivity contribution in [1.82, 2.24) is 9.55 Å². The summed E-state index contributed by atoms with van der Waals surface area (Å²) >= 11 is 5.53. The SMILES string of the molecule is Cn1c(=O)[nH]c2c(F)c(CCl)ccc2c1=O. The Morgan fingerprint density at radius 1 is 1.44 bits per heavy atom. The fourth-order valence-corrected chi connectivity index (χ4v) is 1.69. The van der Waals surface area contributed by atoms with Crippen molar-refractivity contribution < 1.29 is 4.39 Å². The lowest BCUT2D eigenvalue weighted by Gasteiger charge is -2.04. The van der Waals surface area contributed by atoms with E-state index in [0.29, 0.717) is 0 Å². The average Bonchev–Trinajstić information content (AvgIpc) is 2.28. The van der Waals surface area contributed by atoms with Gasteiger partial charge in [-0.2, -0.15) is 0 Å². The van der Waals surface area contributed by atoms with Gasteiger partial charge in [-0.05, 0) is 6.07 Å². The van der Waals surface area contributed by atoms with Crippen LogP contribution in [0.4, 0.5) is 4.39 Å². The molecule has 0 aliphatic rings. The molecule has 1 aromatic carbocycles. The number of rotatable bonds is 1. The van der Waals surface area contributed by atoms with E-state index >= 15 is 0 Å². The molecule has 0 fully saturated rings. The summed E-state index contributed by atoms with van der Waals surface area (Å²) in [6.45, 7) is 0. The van der Waals surface area contributed by atoms with Crippen LogP contribution in [-0.4, -0.2) is 9.55 Å². The van der Waals surface area contributed by atoms with Crippen LogP contribution in [0.2, 0.25) is 0 Å². The minimum absolute atomic E-state index is 0.0149. The summed E-state index contributed by atoms with van der Waals surface area (Å²) < 4.78 is 14.6. The standard InChI is InChI=1S/C10H8ClFN2O2/c1-14-9(15)6-3-2-5(4-11)7(12)8(6)13-10(14)16/h2-3H,4H2,1H3,(H,13,16). The molecule has 0 aliphatic heterocycles. The molecule has 0 radical (unpaired) electrons. The van der Waals surface area contributed by atoms with Crippen LogP contribution in [0.3, 0.4) is 0 Å². The van der Waals surface area contributed by atoms with Gasteiger partial charge in [0.1, 0.15) is 0 Å². The highest BCUT2D eigenvalue weighted by atomic mass is 35.5. The van der Waals surface area contributed by atoms with Gasteiger partial charge in [-0.3, -0.25) is 9.36 Å². The first-order valence-electron chi connectivity index (χ1n) is 4.52. The minimum atomic E-state index is -0.651. The van der Waals surface area contributed by atoms with Crippen molar-refractivity contribution in [2.75, 3.05) is 0 Å². The number of nitrogens with zero attached hydrogens (tertiary/aromatic N) is 1. The first-order valence-corrected chi connectivity index (χ1v) is 5.06. The molecule has 0 atom stereocenters. The van der Waals surface area contributed by atoms with E-state index in [0.717, 1.165) is 4.57 Å². The van der Waals surface area contributed by atoms with E-state index in [2.05, 4.69) is 4.98 Å². The molecule has 0 saturated heterocycles. The maximum absolute atomic E-state index is 13.8. The number of nitrogens with one attached hydrogen (secondary N) is 1. The highest BCUT2D eigenvalue weighted by Crippen LogP contribution is 2.17. The average molecular weight is 243 g/mol. The number of hydrogen-bond donors (Lipinski definition) is 1. The zero-order chi connectivity index (χ0) is 11.9. The van der Waals surface area contributed by atoms with Gasteiger partial charge in [0.05, 0.1) is 16.8 Å². The van der Waals surface area contributed by atoms with Crippen LogP contribution >= 0.6 is 11.6 Å². The summed E-state index contributed by atoms with van der Waals surface area (Å²) in [4.78, 5) is 25.3. The van der Waals surface area contributed by atoms with Gasteiger partial charge in [0.15, 0.2) is 5.82 Å². The second-order valence-corrected chi connectivity index (χ2v) is 3.66. The van der Waals surface area contributed by atoms with Crippen molar-refractivity contribution >= 4 is 22.5 Å². The van der Waals surface area contributed by atoms with Crippen LogP contribution in [0.1, 0.15) is 5.56 Å². The molecular formula is C10H8ClFN2O2. The summed E-state index contributed by atoms with van der Waals surface area (Å²) in [5.74, 6) is -0.666. The van der Waals surface area contributed by atoms with Crippen LogP contribution in [0.5, 0.6) is 0 Å². The van der Waals surface area contributed by atoms with Gasteiger partial charge in [-0.1, -0.05) is 6.07 Å². The Bertz CT molecular complexity index is 675. The molecule has 2 aromatic rings. The molecule has 6 heteroatoms. The van der Waals surface area contributed by atoms with Crippen molar-refractivity contribution in [2.45, 2.75) is 5.88 Å². The number of alkyl halides is 1. The first kappa shape index (κ1) is 10.9. The van der Waals surface area contributed by atoms with Gasteiger partial charge < -0.3 is 4.98 Å². The van der Waals surface area contributed by atoms with Crippen LogP contribution < -0.4 is 11.2 Å². The predicted octanol–water partition coefficient (Wildman–Crippen LogP) is 1.10. The Balaban J connectivity index is 3.02. The molecule has 0 amide bonds. The molecule has 1 heterocycles. The van der Waals surface area contributed by atoms with E-state index in [4.69, 9.17) is 11.6 Å². The zero-order valence-electron chi connectivity index (χ0n) is 8.38. The number of hydrogen-bond acceptors (Lipinski definition) is 2. The summed E-state index contributed by atoms with van der Waals surface area (Å²) in [7, 11) is 1.33. The summed E-state index contributed by atoms with van der Waals surface area (Å²) in [6, 6.07) is 2.89. The van der Waals surface area contributed by atoms with E-state index in [1.807, 2.05) is 0 Å². The molecule has 16 heavy (non-hydrogen) atoms. The molecule has 1 N–H and O–H groups in total. The highest BCUT2D eigenvalue weighted by Gasteiger charge is 2.11. The van der Waals surface area contributed by atoms with Crippen molar-refractivity contribution in [3.63, 3.8) is 0 Å². The lowest BCUT2D eigenvalue weighted by Crippen LogP contribution is -2.32. The quantitative estimate of drug-likeness (QED) is 0.762. The molecule has 0 spiro atoms. The largest absolute Gasteiger partial charge is 0.328 e. The van der Waals surface area contributed by atoms with E-state index in [9.17, 15) is 14.0 Å². The van der Waals surface area contributed by atoms with Gasteiger partial charge >= 0.3 is 5.69 Å². The number of benzene rings is 1. The Morgan fingerprint density at radius 2 is 2.12 bits per heavy atom. The van der Waals surface area contributed by atoms with Gasteiger partial charge in [0.2, 0.25) is 0 Å². The monoisotopic (exact) mass is 242 g/mol. The fourth-order valence-electron chi connectivity index (χ4n) is 1.49. The Morgan fingerprint density at radius 3 is 2.75 bits per heavy atom. The predicted molar refractivity (Wildman–Crippen MR) is 59.3 cm³/mol. The Labute approximate surface area is 94.3 Å². The maximum Gasteiger partial charge on any atom is 0.328 e. The van der Waals surface area contributed by atoms with E-state index in [-0.39, 0.29) is 22.3 Å². The zero-order valence-corrected chi connectivity index (χ0v) is 9.14. The Kier molecular flexibility index (Phi) is 2.55. The number of halogens is 2. The van der Waals surface area contributed by atoms with E-state index < -0.39 is 17.1 Å². The lowest BCUT2D eigenvalue weighted by atomic mass is 10.1. The number of aromatic amines is 1. The second kappa shape index (κ2) is 3.75. The van der Waals surface area contributed by atoms with Gasteiger partial charge in [0, 0.05) is 12.6 Å². The van der Waals surface area contributed by atoms with Crippen molar-refractivity contribution in [1.29, 1.82) is 0 Å². The number of fused-ring (bicyclic) bond motifs is 1. The normalized spacial score (nSPS) is 10.9. The molecule has 4 nitrogen and oxygen atoms in total. The van der Waals surface area contributed by atoms with Crippen LogP contribution in [0.25, 0.3) is 10.9 Å². The second-order valence-electron chi connectivity index (χ2n) is 3.39. The van der Waals surface area contributed by atoms with E-state index in [1.54, 1.807) is 0 Å². The van der Waals surface area contributed by atoms with Crippen molar-refractivity contribution in [3.05, 3.63) is 44.4 Å².